The quantitative estimate of drug-likeness (QED) is 0.652. The van der Waals surface area contributed by atoms with Crippen LogP contribution in [0.15, 0.2) is 0 Å². The lowest BCUT2D eigenvalue weighted by Crippen LogP contribution is -2.47. The molecule has 1 aliphatic rings. The Balaban J connectivity index is 2.21. The highest BCUT2D eigenvalue weighted by molar-refractivity contribution is 4.74. The number of rotatable bonds is 4. The fourth-order valence-corrected chi connectivity index (χ4v) is 1.74. The first kappa shape index (κ1) is 11.0. The van der Waals surface area contributed by atoms with Gasteiger partial charge >= 0.3 is 0 Å². The van der Waals surface area contributed by atoms with Crippen molar-refractivity contribution < 1.29 is 0 Å². The fraction of sp³-hybridized carbons (Fsp3) is 1.00. The summed E-state index contributed by atoms with van der Waals surface area (Å²) in [4.78, 5) is 2.55. The Morgan fingerprint density at radius 2 is 1.92 bits per heavy atom. The SMILES string of the molecule is CNC(C)C(C)CN1CCNCC1. The number of hydrogen-bond donors (Lipinski definition) is 2. The van der Waals surface area contributed by atoms with Gasteiger partial charge in [-0.05, 0) is 19.9 Å². The molecule has 1 rings (SSSR count). The van der Waals surface area contributed by atoms with E-state index in [0.717, 1.165) is 19.0 Å². The maximum Gasteiger partial charge on any atom is 0.0107 e. The van der Waals surface area contributed by atoms with Crippen molar-refractivity contribution in [3.8, 4) is 0 Å². The van der Waals surface area contributed by atoms with Crippen LogP contribution in [-0.4, -0.2) is 50.7 Å². The smallest absolute Gasteiger partial charge is 0.0107 e. The van der Waals surface area contributed by atoms with Gasteiger partial charge in [-0.1, -0.05) is 6.92 Å². The lowest BCUT2D eigenvalue weighted by atomic mass is 10.0. The Hall–Kier alpha value is -0.120. The van der Waals surface area contributed by atoms with Gasteiger partial charge in [-0.2, -0.15) is 0 Å². The van der Waals surface area contributed by atoms with Crippen LogP contribution in [0.25, 0.3) is 0 Å². The largest absolute Gasteiger partial charge is 0.317 e. The first-order valence-electron chi connectivity index (χ1n) is 5.34. The van der Waals surface area contributed by atoms with Crippen LogP contribution in [0.4, 0.5) is 0 Å². The van der Waals surface area contributed by atoms with Gasteiger partial charge in [0, 0.05) is 38.8 Å². The summed E-state index contributed by atoms with van der Waals surface area (Å²) in [7, 11) is 2.04. The zero-order valence-electron chi connectivity index (χ0n) is 9.14. The van der Waals surface area contributed by atoms with E-state index in [1.807, 2.05) is 7.05 Å². The summed E-state index contributed by atoms with van der Waals surface area (Å²) >= 11 is 0. The van der Waals surface area contributed by atoms with E-state index in [0.29, 0.717) is 6.04 Å². The fourth-order valence-electron chi connectivity index (χ4n) is 1.74. The van der Waals surface area contributed by atoms with Crippen molar-refractivity contribution >= 4 is 0 Å². The molecule has 2 N–H and O–H groups in total. The van der Waals surface area contributed by atoms with E-state index in [2.05, 4.69) is 29.4 Å². The second-order valence-electron chi connectivity index (χ2n) is 4.11. The average molecular weight is 185 g/mol. The summed E-state index contributed by atoms with van der Waals surface area (Å²) < 4.78 is 0. The standard InChI is InChI=1S/C10H23N3/c1-9(10(2)11-3)8-13-6-4-12-5-7-13/h9-12H,4-8H2,1-3H3. The van der Waals surface area contributed by atoms with Gasteiger partial charge in [0.2, 0.25) is 0 Å². The Kier molecular flexibility index (Phi) is 4.70. The predicted molar refractivity (Wildman–Crippen MR) is 57.0 cm³/mol. The monoisotopic (exact) mass is 185 g/mol. The van der Waals surface area contributed by atoms with E-state index in [9.17, 15) is 0 Å². The molecule has 0 saturated carbocycles. The number of nitrogens with zero attached hydrogens (tertiary/aromatic N) is 1. The second kappa shape index (κ2) is 5.58. The van der Waals surface area contributed by atoms with Gasteiger partial charge in [0.25, 0.3) is 0 Å². The third-order valence-electron chi connectivity index (χ3n) is 3.06. The molecule has 0 aliphatic carbocycles. The summed E-state index contributed by atoms with van der Waals surface area (Å²) in [6, 6.07) is 0.620. The summed E-state index contributed by atoms with van der Waals surface area (Å²) in [5.74, 6) is 0.739. The van der Waals surface area contributed by atoms with Gasteiger partial charge in [0.1, 0.15) is 0 Å². The van der Waals surface area contributed by atoms with Crippen molar-refractivity contribution in [3.05, 3.63) is 0 Å². The van der Waals surface area contributed by atoms with E-state index < -0.39 is 0 Å². The summed E-state index contributed by atoms with van der Waals surface area (Å²) in [5, 5.41) is 6.69. The summed E-state index contributed by atoms with van der Waals surface area (Å²) in [5.41, 5.74) is 0. The molecule has 0 aromatic heterocycles. The van der Waals surface area contributed by atoms with Crippen LogP contribution in [0.1, 0.15) is 13.8 Å². The third kappa shape index (κ3) is 3.63. The van der Waals surface area contributed by atoms with Gasteiger partial charge in [-0.15, -0.1) is 0 Å². The van der Waals surface area contributed by atoms with Crippen LogP contribution >= 0.6 is 0 Å². The maximum atomic E-state index is 3.37. The summed E-state index contributed by atoms with van der Waals surface area (Å²) in [6.07, 6.45) is 0. The molecule has 1 heterocycles. The van der Waals surface area contributed by atoms with Crippen LogP contribution in [0.2, 0.25) is 0 Å². The molecule has 0 aromatic rings. The molecule has 0 amide bonds. The minimum Gasteiger partial charge on any atom is -0.317 e. The highest BCUT2D eigenvalue weighted by atomic mass is 15.2. The molecule has 1 saturated heterocycles. The van der Waals surface area contributed by atoms with Crippen molar-refractivity contribution in [2.45, 2.75) is 19.9 Å². The Bertz CT molecular complexity index is 132. The predicted octanol–water partition coefficient (Wildman–Crippen LogP) is 0.136. The molecule has 2 unspecified atom stereocenters. The molecule has 3 nitrogen and oxygen atoms in total. The van der Waals surface area contributed by atoms with Crippen LogP contribution in [0.3, 0.4) is 0 Å². The van der Waals surface area contributed by atoms with Gasteiger partial charge in [0.05, 0.1) is 0 Å². The number of piperazine rings is 1. The molecule has 13 heavy (non-hydrogen) atoms. The van der Waals surface area contributed by atoms with Crippen molar-refractivity contribution in [2.75, 3.05) is 39.8 Å². The van der Waals surface area contributed by atoms with E-state index >= 15 is 0 Å². The van der Waals surface area contributed by atoms with Crippen molar-refractivity contribution in [1.29, 1.82) is 0 Å². The third-order valence-corrected chi connectivity index (χ3v) is 3.06. The van der Waals surface area contributed by atoms with E-state index in [1.165, 1.54) is 19.6 Å². The molecule has 3 heteroatoms. The minimum absolute atomic E-state index is 0.620. The highest BCUT2D eigenvalue weighted by Gasteiger charge is 2.16. The molecule has 78 valence electrons. The first-order valence-corrected chi connectivity index (χ1v) is 5.34. The van der Waals surface area contributed by atoms with E-state index in [-0.39, 0.29) is 0 Å². The molecule has 0 spiro atoms. The molecular formula is C10H23N3. The molecule has 2 atom stereocenters. The van der Waals surface area contributed by atoms with Gasteiger partial charge in [0.15, 0.2) is 0 Å². The van der Waals surface area contributed by atoms with Crippen LogP contribution in [-0.2, 0) is 0 Å². The zero-order chi connectivity index (χ0) is 9.68. The molecular weight excluding hydrogens is 162 g/mol. The normalized spacial score (nSPS) is 24.2. The van der Waals surface area contributed by atoms with Crippen molar-refractivity contribution in [2.24, 2.45) is 5.92 Å². The number of nitrogens with one attached hydrogen (secondary N) is 2. The Morgan fingerprint density at radius 1 is 1.31 bits per heavy atom. The lowest BCUT2D eigenvalue weighted by Gasteiger charge is -2.31. The van der Waals surface area contributed by atoms with Gasteiger partial charge < -0.3 is 15.5 Å². The van der Waals surface area contributed by atoms with Crippen molar-refractivity contribution in [1.82, 2.24) is 15.5 Å². The van der Waals surface area contributed by atoms with E-state index in [1.54, 1.807) is 0 Å². The molecule has 1 fully saturated rings. The minimum atomic E-state index is 0.620. The molecule has 0 bridgehead atoms. The molecule has 0 radical (unpaired) electrons. The Labute approximate surface area is 81.9 Å². The molecule has 1 aliphatic heterocycles. The zero-order valence-corrected chi connectivity index (χ0v) is 9.14. The second-order valence-corrected chi connectivity index (χ2v) is 4.11. The Morgan fingerprint density at radius 3 is 2.46 bits per heavy atom. The van der Waals surface area contributed by atoms with Gasteiger partial charge in [-0.25, -0.2) is 0 Å². The van der Waals surface area contributed by atoms with Crippen molar-refractivity contribution in [3.63, 3.8) is 0 Å². The number of hydrogen-bond acceptors (Lipinski definition) is 3. The first-order chi connectivity index (χ1) is 6.24. The van der Waals surface area contributed by atoms with Gasteiger partial charge in [-0.3, -0.25) is 0 Å². The summed E-state index contributed by atoms with van der Waals surface area (Å²) in [6.45, 7) is 10.5. The average Bonchev–Trinajstić information content (AvgIpc) is 2.18. The maximum absolute atomic E-state index is 3.37. The lowest BCUT2D eigenvalue weighted by molar-refractivity contribution is 0.196. The van der Waals surface area contributed by atoms with Crippen LogP contribution < -0.4 is 10.6 Å². The highest BCUT2D eigenvalue weighted by Crippen LogP contribution is 2.05. The topological polar surface area (TPSA) is 27.3 Å². The van der Waals surface area contributed by atoms with E-state index in [4.69, 9.17) is 0 Å². The van der Waals surface area contributed by atoms with Crippen LogP contribution in [0, 0.1) is 5.92 Å². The van der Waals surface area contributed by atoms with Crippen LogP contribution in [0.5, 0.6) is 0 Å². The molecule has 0 aromatic carbocycles.